The summed E-state index contributed by atoms with van der Waals surface area (Å²) in [4.78, 5) is 30.0. The number of nitrogens with one attached hydrogen (secondary N) is 1. The van der Waals surface area contributed by atoms with Crippen LogP contribution in [0.5, 0.6) is 5.75 Å². The molecule has 2 aromatic carbocycles. The predicted octanol–water partition coefficient (Wildman–Crippen LogP) is 6.26. The second-order valence-electron chi connectivity index (χ2n) is 7.10. The van der Waals surface area contributed by atoms with Gasteiger partial charge in [-0.05, 0) is 55.0 Å². The number of ether oxygens (including phenoxy) is 1. The number of hydrogen-bond acceptors (Lipinski definition) is 4. The molecule has 0 spiro atoms. The summed E-state index contributed by atoms with van der Waals surface area (Å²) in [7, 11) is 0. The van der Waals surface area contributed by atoms with Gasteiger partial charge < -0.3 is 14.6 Å². The van der Waals surface area contributed by atoms with Gasteiger partial charge in [0.05, 0.1) is 24.2 Å². The molecule has 168 valence electrons. The highest BCUT2D eigenvalue weighted by Crippen LogP contribution is 2.35. The van der Waals surface area contributed by atoms with Crippen molar-refractivity contribution in [3.63, 3.8) is 0 Å². The molecule has 0 unspecified atom stereocenters. The molecule has 1 amide bonds. The highest BCUT2D eigenvalue weighted by Gasteiger charge is 2.27. The number of anilines is 1. The lowest BCUT2D eigenvalue weighted by Gasteiger charge is -2.10. The van der Waals surface area contributed by atoms with Gasteiger partial charge in [0.1, 0.15) is 16.7 Å². The fraction of sp³-hybridized carbons (Fsp3) is 0.125. The Morgan fingerprint density at radius 2 is 1.88 bits per heavy atom. The first kappa shape index (κ1) is 23.1. The van der Waals surface area contributed by atoms with Crippen LogP contribution < -0.4 is 10.1 Å². The van der Waals surface area contributed by atoms with E-state index < -0.39 is 11.7 Å². The third-order valence-corrected chi connectivity index (χ3v) is 5.95. The molecule has 0 aliphatic carbocycles. The zero-order valence-corrected chi connectivity index (χ0v) is 19.7. The van der Waals surface area contributed by atoms with Crippen molar-refractivity contribution in [3.8, 4) is 5.75 Å². The molecule has 9 heteroatoms. The lowest BCUT2D eigenvalue weighted by Crippen LogP contribution is -2.23. The highest BCUT2D eigenvalue weighted by atomic mass is 35.5. The molecular weight excluding hydrogens is 485 g/mol. The molecule has 0 fully saturated rings. The van der Waals surface area contributed by atoms with Crippen LogP contribution in [-0.2, 0) is 11.3 Å². The van der Waals surface area contributed by atoms with Gasteiger partial charge in [0.15, 0.2) is 0 Å². The van der Waals surface area contributed by atoms with Gasteiger partial charge >= 0.3 is 0 Å². The number of rotatable bonds is 7. The van der Waals surface area contributed by atoms with Crippen LogP contribution in [0.4, 0.5) is 5.82 Å². The Morgan fingerprint density at radius 1 is 1.06 bits per heavy atom. The second-order valence-corrected chi connectivity index (χ2v) is 8.30. The van der Waals surface area contributed by atoms with Gasteiger partial charge in [-0.25, -0.2) is 4.98 Å². The van der Waals surface area contributed by atoms with E-state index in [1.807, 2.05) is 6.92 Å². The van der Waals surface area contributed by atoms with E-state index in [2.05, 4.69) is 10.3 Å². The Balaban J connectivity index is 1.80. The number of pyridine rings is 1. The summed E-state index contributed by atoms with van der Waals surface area (Å²) in [5.74, 6) is -0.813. The number of nitrogens with zero attached hydrogens (tertiary/aromatic N) is 2. The van der Waals surface area contributed by atoms with E-state index in [4.69, 9.17) is 39.5 Å². The largest absolute Gasteiger partial charge is 0.494 e. The van der Waals surface area contributed by atoms with Gasteiger partial charge in [0.25, 0.3) is 11.7 Å². The molecule has 0 atom stereocenters. The van der Waals surface area contributed by atoms with Crippen LogP contribution in [0.2, 0.25) is 15.2 Å². The fourth-order valence-corrected chi connectivity index (χ4v) is 4.28. The Kier molecular flexibility index (Phi) is 6.88. The average molecular weight is 503 g/mol. The van der Waals surface area contributed by atoms with E-state index in [1.165, 1.54) is 6.20 Å². The minimum Gasteiger partial charge on any atom is -0.494 e. The lowest BCUT2D eigenvalue weighted by molar-refractivity contribution is -0.112. The minimum absolute atomic E-state index is 0.0757. The highest BCUT2D eigenvalue weighted by molar-refractivity contribution is 6.51. The summed E-state index contributed by atoms with van der Waals surface area (Å²) >= 11 is 19.1. The van der Waals surface area contributed by atoms with Crippen LogP contribution >= 0.6 is 34.8 Å². The standard InChI is InChI=1S/C24H18Cl3N3O3/c1-2-33-16-8-9-19-17(12-16)21(22(31)24(32)29-20-5-3-4-10-28-20)23(27)30(19)13-14-6-7-15(25)11-18(14)26/h3-12H,2,13H2,1H3,(H,28,29,32). The van der Waals surface area contributed by atoms with E-state index in [0.717, 1.165) is 5.56 Å². The molecule has 0 bridgehead atoms. The van der Waals surface area contributed by atoms with Crippen molar-refractivity contribution < 1.29 is 14.3 Å². The zero-order chi connectivity index (χ0) is 23.5. The van der Waals surface area contributed by atoms with Gasteiger partial charge in [0.2, 0.25) is 0 Å². The van der Waals surface area contributed by atoms with Crippen molar-refractivity contribution in [2.75, 3.05) is 11.9 Å². The van der Waals surface area contributed by atoms with Gasteiger partial charge in [0, 0.05) is 21.6 Å². The summed E-state index contributed by atoms with van der Waals surface area (Å²) < 4.78 is 7.32. The van der Waals surface area contributed by atoms with Crippen molar-refractivity contribution in [1.82, 2.24) is 9.55 Å². The average Bonchev–Trinajstić information content (AvgIpc) is 3.06. The van der Waals surface area contributed by atoms with Crippen molar-refractivity contribution >= 4 is 63.2 Å². The molecule has 2 aromatic heterocycles. The van der Waals surface area contributed by atoms with Crippen molar-refractivity contribution in [2.45, 2.75) is 13.5 Å². The number of carbonyl (C=O) groups is 2. The zero-order valence-electron chi connectivity index (χ0n) is 17.4. The van der Waals surface area contributed by atoms with E-state index in [0.29, 0.717) is 33.3 Å². The third kappa shape index (κ3) is 4.83. The monoisotopic (exact) mass is 501 g/mol. The quantitative estimate of drug-likeness (QED) is 0.239. The van der Waals surface area contributed by atoms with Crippen molar-refractivity contribution in [2.24, 2.45) is 0 Å². The Bertz CT molecular complexity index is 1350. The van der Waals surface area contributed by atoms with Gasteiger partial charge in [-0.1, -0.05) is 46.9 Å². The molecule has 33 heavy (non-hydrogen) atoms. The number of Topliss-reactive ketones (excluding diaryl/α,β-unsaturated/α-hetero) is 1. The smallest absolute Gasteiger partial charge is 0.298 e. The Hall–Kier alpha value is -3.06. The van der Waals surface area contributed by atoms with Crippen LogP contribution in [0.1, 0.15) is 22.8 Å². The number of halogens is 3. The van der Waals surface area contributed by atoms with E-state index in [1.54, 1.807) is 59.2 Å². The maximum Gasteiger partial charge on any atom is 0.298 e. The molecule has 0 aliphatic rings. The number of aromatic nitrogens is 2. The first-order valence-corrected chi connectivity index (χ1v) is 11.2. The van der Waals surface area contributed by atoms with Gasteiger partial charge in [-0.3, -0.25) is 9.59 Å². The van der Waals surface area contributed by atoms with Crippen LogP contribution in [-0.4, -0.2) is 27.8 Å². The van der Waals surface area contributed by atoms with Gasteiger partial charge in [-0.2, -0.15) is 0 Å². The summed E-state index contributed by atoms with van der Waals surface area (Å²) in [5.41, 5.74) is 1.49. The second kappa shape index (κ2) is 9.83. The normalized spacial score (nSPS) is 10.9. The van der Waals surface area contributed by atoms with Crippen LogP contribution in [0, 0.1) is 0 Å². The third-order valence-electron chi connectivity index (χ3n) is 4.97. The molecule has 0 radical (unpaired) electrons. The first-order chi connectivity index (χ1) is 15.9. The summed E-state index contributed by atoms with van der Waals surface area (Å²) in [6.45, 7) is 2.58. The molecule has 1 N–H and O–H groups in total. The van der Waals surface area contributed by atoms with Crippen LogP contribution in [0.3, 0.4) is 0 Å². The molecule has 4 rings (SSSR count). The number of amides is 1. The SMILES string of the molecule is CCOc1ccc2c(c1)c(C(=O)C(=O)Nc1ccccn1)c(Cl)n2Cc1ccc(Cl)cc1Cl. The minimum atomic E-state index is -0.846. The topological polar surface area (TPSA) is 73.2 Å². The van der Waals surface area contributed by atoms with E-state index in [9.17, 15) is 9.59 Å². The molecule has 4 aromatic rings. The van der Waals surface area contributed by atoms with Crippen LogP contribution in [0.25, 0.3) is 10.9 Å². The molecule has 0 saturated heterocycles. The Labute approximate surface area is 205 Å². The van der Waals surface area contributed by atoms with E-state index in [-0.39, 0.29) is 23.1 Å². The molecule has 2 heterocycles. The number of hydrogen-bond donors (Lipinski definition) is 1. The summed E-state index contributed by atoms with van der Waals surface area (Å²) in [6, 6.07) is 15.4. The Morgan fingerprint density at radius 3 is 2.58 bits per heavy atom. The fourth-order valence-electron chi connectivity index (χ4n) is 3.47. The molecule has 0 aliphatic heterocycles. The van der Waals surface area contributed by atoms with Gasteiger partial charge in [-0.15, -0.1) is 0 Å². The van der Waals surface area contributed by atoms with Crippen LogP contribution in [0.15, 0.2) is 60.8 Å². The maximum atomic E-state index is 13.2. The predicted molar refractivity (Wildman–Crippen MR) is 131 cm³/mol. The number of ketones is 1. The first-order valence-electron chi connectivity index (χ1n) is 10.0. The number of benzene rings is 2. The number of fused-ring (bicyclic) bond motifs is 1. The van der Waals surface area contributed by atoms with E-state index >= 15 is 0 Å². The maximum absolute atomic E-state index is 13.2. The molecule has 0 saturated carbocycles. The van der Waals surface area contributed by atoms with Crippen molar-refractivity contribution in [3.05, 3.63) is 87.1 Å². The summed E-state index contributed by atoms with van der Waals surface area (Å²) in [5, 5.41) is 4.10. The summed E-state index contributed by atoms with van der Waals surface area (Å²) in [6.07, 6.45) is 1.52. The lowest BCUT2D eigenvalue weighted by atomic mass is 10.1. The molecular formula is C24H18Cl3N3O3. The van der Waals surface area contributed by atoms with Crippen molar-refractivity contribution in [1.29, 1.82) is 0 Å². The molecule has 6 nitrogen and oxygen atoms in total. The number of carbonyl (C=O) groups excluding carboxylic acids is 2.